The quantitative estimate of drug-likeness (QED) is 0.306. The minimum Gasteiger partial charge on any atom is -0.449 e. The van der Waals surface area contributed by atoms with Crippen molar-refractivity contribution < 1.29 is 14.3 Å². The standard InChI is InChI=1S/C25H23NO3S/c1-18(29-24(27)17-14-19-12-15-21(30-2)16-13-19)25(28)26-23-11-7-6-10-22(23)20-8-4-3-5-9-20/h3-18H,1-2H3,(H,26,28)/b17-14+/t18-/m1/s1. The molecule has 0 aliphatic heterocycles. The molecule has 0 spiro atoms. The summed E-state index contributed by atoms with van der Waals surface area (Å²) in [6, 6.07) is 25.1. The molecule has 0 heterocycles. The average molecular weight is 418 g/mol. The first-order valence-corrected chi connectivity index (χ1v) is 10.8. The van der Waals surface area contributed by atoms with E-state index >= 15 is 0 Å². The SMILES string of the molecule is CSc1ccc(/C=C/C(=O)O[C@H](C)C(=O)Nc2ccccc2-c2ccccc2)cc1. The van der Waals surface area contributed by atoms with Crippen molar-refractivity contribution in [2.75, 3.05) is 11.6 Å². The van der Waals surface area contributed by atoms with E-state index in [0.29, 0.717) is 5.69 Å². The molecule has 3 aromatic carbocycles. The predicted octanol–water partition coefficient (Wildman–Crippen LogP) is 5.66. The van der Waals surface area contributed by atoms with Gasteiger partial charge in [-0.15, -0.1) is 11.8 Å². The summed E-state index contributed by atoms with van der Waals surface area (Å²) in [6.45, 7) is 1.56. The lowest BCUT2D eigenvalue weighted by Gasteiger charge is -2.15. The summed E-state index contributed by atoms with van der Waals surface area (Å²) in [5, 5.41) is 2.86. The van der Waals surface area contributed by atoms with E-state index < -0.39 is 12.1 Å². The number of carbonyl (C=O) groups excluding carboxylic acids is 2. The van der Waals surface area contributed by atoms with Crippen molar-refractivity contribution in [1.29, 1.82) is 0 Å². The van der Waals surface area contributed by atoms with Gasteiger partial charge in [-0.05, 0) is 48.6 Å². The molecule has 0 aliphatic carbocycles. The highest BCUT2D eigenvalue weighted by Gasteiger charge is 2.18. The number of nitrogens with one attached hydrogen (secondary N) is 1. The molecule has 30 heavy (non-hydrogen) atoms. The number of hydrogen-bond acceptors (Lipinski definition) is 4. The second-order valence-electron chi connectivity index (χ2n) is 6.59. The zero-order valence-corrected chi connectivity index (χ0v) is 17.7. The number of amides is 1. The van der Waals surface area contributed by atoms with Crippen LogP contribution < -0.4 is 5.32 Å². The number of carbonyl (C=O) groups is 2. The normalized spacial score (nSPS) is 11.8. The lowest BCUT2D eigenvalue weighted by atomic mass is 10.0. The summed E-state index contributed by atoms with van der Waals surface area (Å²) in [6.07, 6.45) is 4.08. The lowest BCUT2D eigenvalue weighted by molar-refractivity contribution is -0.148. The molecule has 1 N–H and O–H groups in total. The van der Waals surface area contributed by atoms with E-state index in [-0.39, 0.29) is 5.91 Å². The first-order chi connectivity index (χ1) is 14.6. The smallest absolute Gasteiger partial charge is 0.331 e. The summed E-state index contributed by atoms with van der Waals surface area (Å²) >= 11 is 1.65. The highest BCUT2D eigenvalue weighted by Crippen LogP contribution is 2.27. The minimum atomic E-state index is -0.926. The molecule has 152 valence electrons. The molecule has 1 amide bonds. The summed E-state index contributed by atoms with van der Waals surface area (Å²) in [5.41, 5.74) is 3.45. The Morgan fingerprint density at radius 2 is 1.60 bits per heavy atom. The van der Waals surface area contributed by atoms with Crippen LogP contribution >= 0.6 is 11.8 Å². The Bertz CT molecular complexity index is 1030. The van der Waals surface area contributed by atoms with Crippen LogP contribution in [0.25, 0.3) is 17.2 Å². The molecule has 4 nitrogen and oxygen atoms in total. The first kappa shape index (κ1) is 21.4. The van der Waals surface area contributed by atoms with Gasteiger partial charge < -0.3 is 10.1 Å². The lowest BCUT2D eigenvalue weighted by Crippen LogP contribution is -2.29. The Labute approximate surface area is 181 Å². The van der Waals surface area contributed by atoms with Gasteiger partial charge in [-0.2, -0.15) is 0 Å². The molecule has 0 bridgehead atoms. The van der Waals surface area contributed by atoms with E-state index in [1.807, 2.05) is 85.1 Å². The fourth-order valence-electron chi connectivity index (χ4n) is 2.84. The number of hydrogen-bond donors (Lipinski definition) is 1. The van der Waals surface area contributed by atoms with Crippen molar-refractivity contribution in [1.82, 2.24) is 0 Å². The molecule has 0 fully saturated rings. The van der Waals surface area contributed by atoms with Crippen LogP contribution in [0.15, 0.2) is 89.8 Å². The summed E-state index contributed by atoms with van der Waals surface area (Å²) in [4.78, 5) is 25.8. The Morgan fingerprint density at radius 3 is 2.30 bits per heavy atom. The van der Waals surface area contributed by atoms with Gasteiger partial charge in [0.1, 0.15) is 0 Å². The third kappa shape index (κ3) is 5.84. The molecule has 0 radical (unpaired) electrons. The maximum atomic E-state index is 12.6. The molecular formula is C25H23NO3S. The van der Waals surface area contributed by atoms with Crippen molar-refractivity contribution in [2.24, 2.45) is 0 Å². The fraction of sp³-hybridized carbons (Fsp3) is 0.120. The van der Waals surface area contributed by atoms with Crippen LogP contribution in [0.3, 0.4) is 0 Å². The molecule has 0 saturated heterocycles. The average Bonchev–Trinajstić information content (AvgIpc) is 2.79. The maximum Gasteiger partial charge on any atom is 0.331 e. The monoisotopic (exact) mass is 417 g/mol. The molecule has 1 atom stereocenters. The van der Waals surface area contributed by atoms with E-state index in [9.17, 15) is 9.59 Å². The van der Waals surface area contributed by atoms with Crippen LogP contribution in [0, 0.1) is 0 Å². The topological polar surface area (TPSA) is 55.4 Å². The molecule has 5 heteroatoms. The van der Waals surface area contributed by atoms with Crippen molar-refractivity contribution in [3.63, 3.8) is 0 Å². The van der Waals surface area contributed by atoms with Crippen molar-refractivity contribution in [3.05, 3.63) is 90.5 Å². The highest BCUT2D eigenvalue weighted by atomic mass is 32.2. The van der Waals surface area contributed by atoms with Crippen LogP contribution in [0.2, 0.25) is 0 Å². The summed E-state index contributed by atoms with van der Waals surface area (Å²) in [5.74, 6) is -0.951. The highest BCUT2D eigenvalue weighted by molar-refractivity contribution is 7.98. The van der Waals surface area contributed by atoms with Gasteiger partial charge in [0.05, 0.1) is 0 Å². The van der Waals surface area contributed by atoms with Crippen LogP contribution in [0.1, 0.15) is 12.5 Å². The molecular weight excluding hydrogens is 394 g/mol. The van der Waals surface area contributed by atoms with Gasteiger partial charge in [-0.25, -0.2) is 4.79 Å². The van der Waals surface area contributed by atoms with Gasteiger partial charge in [0.2, 0.25) is 0 Å². The van der Waals surface area contributed by atoms with Crippen molar-refractivity contribution >= 4 is 35.4 Å². The Hall–Kier alpha value is -3.31. The maximum absolute atomic E-state index is 12.6. The van der Waals surface area contributed by atoms with Crippen molar-refractivity contribution in [2.45, 2.75) is 17.9 Å². The van der Waals surface area contributed by atoms with E-state index in [2.05, 4.69) is 5.32 Å². The predicted molar refractivity (Wildman–Crippen MR) is 123 cm³/mol. The van der Waals surface area contributed by atoms with Gasteiger partial charge in [-0.3, -0.25) is 4.79 Å². The van der Waals surface area contributed by atoms with Crippen LogP contribution in [-0.4, -0.2) is 24.2 Å². The van der Waals surface area contributed by atoms with Gasteiger partial charge in [-0.1, -0.05) is 60.7 Å². The number of benzene rings is 3. The van der Waals surface area contributed by atoms with Gasteiger partial charge in [0.15, 0.2) is 6.10 Å². The van der Waals surface area contributed by atoms with Gasteiger partial charge >= 0.3 is 5.97 Å². The number of rotatable bonds is 7. The van der Waals surface area contributed by atoms with E-state index in [1.54, 1.807) is 24.8 Å². The second-order valence-corrected chi connectivity index (χ2v) is 7.47. The molecule has 0 unspecified atom stereocenters. The molecule has 3 rings (SSSR count). The Balaban J connectivity index is 1.61. The van der Waals surface area contributed by atoms with Crippen LogP contribution in [-0.2, 0) is 14.3 Å². The minimum absolute atomic E-state index is 0.385. The number of esters is 1. The number of ether oxygens (including phenoxy) is 1. The second kappa shape index (κ2) is 10.5. The largest absolute Gasteiger partial charge is 0.449 e. The number of anilines is 1. The zero-order valence-electron chi connectivity index (χ0n) is 16.9. The molecule has 0 saturated carbocycles. The number of thioether (sulfide) groups is 1. The Morgan fingerprint density at radius 1 is 0.933 bits per heavy atom. The first-order valence-electron chi connectivity index (χ1n) is 9.55. The van der Waals surface area contributed by atoms with Crippen LogP contribution in [0.4, 0.5) is 5.69 Å². The van der Waals surface area contributed by atoms with Gasteiger partial charge in [0.25, 0.3) is 5.91 Å². The van der Waals surface area contributed by atoms with E-state index in [1.165, 1.54) is 6.08 Å². The molecule has 3 aromatic rings. The summed E-state index contributed by atoms with van der Waals surface area (Å²) in [7, 11) is 0. The van der Waals surface area contributed by atoms with E-state index in [0.717, 1.165) is 21.6 Å². The van der Waals surface area contributed by atoms with Crippen molar-refractivity contribution in [3.8, 4) is 11.1 Å². The number of para-hydroxylation sites is 1. The fourth-order valence-corrected chi connectivity index (χ4v) is 3.25. The van der Waals surface area contributed by atoms with E-state index in [4.69, 9.17) is 4.74 Å². The third-order valence-corrected chi connectivity index (χ3v) is 5.20. The zero-order chi connectivity index (χ0) is 21.3. The summed E-state index contributed by atoms with van der Waals surface area (Å²) < 4.78 is 5.25. The third-order valence-electron chi connectivity index (χ3n) is 4.46. The van der Waals surface area contributed by atoms with Crippen LogP contribution in [0.5, 0.6) is 0 Å². The molecule has 0 aromatic heterocycles. The van der Waals surface area contributed by atoms with Gasteiger partial charge in [0, 0.05) is 22.2 Å². The molecule has 0 aliphatic rings. The Kier molecular flexibility index (Phi) is 7.46.